The van der Waals surface area contributed by atoms with Crippen LogP contribution < -0.4 is 11.1 Å². The van der Waals surface area contributed by atoms with E-state index in [0.29, 0.717) is 12.6 Å². The van der Waals surface area contributed by atoms with Crippen LogP contribution in [0.2, 0.25) is 0 Å². The molecule has 1 aliphatic carbocycles. The lowest BCUT2D eigenvalue weighted by Crippen LogP contribution is -2.36. The first-order valence-corrected chi connectivity index (χ1v) is 6.69. The van der Waals surface area contributed by atoms with Crippen LogP contribution in [-0.4, -0.2) is 36.5 Å². The van der Waals surface area contributed by atoms with Crippen LogP contribution in [0.5, 0.6) is 0 Å². The van der Waals surface area contributed by atoms with Crippen molar-refractivity contribution >= 4 is 11.6 Å². The van der Waals surface area contributed by atoms with Gasteiger partial charge in [-0.2, -0.15) is 0 Å². The number of nitrogen functional groups attached to an aromatic ring is 1. The highest BCUT2D eigenvalue weighted by Crippen LogP contribution is 2.25. The molecular formula is C14H20FN3O. The Balaban J connectivity index is 1.85. The van der Waals surface area contributed by atoms with Gasteiger partial charge in [-0.1, -0.05) is 13.0 Å². The Morgan fingerprint density at radius 2 is 2.26 bits per heavy atom. The molecule has 3 N–H and O–H groups in total. The Labute approximate surface area is 112 Å². The third kappa shape index (κ3) is 3.44. The number of nitrogens with one attached hydrogen (secondary N) is 1. The third-order valence-electron chi connectivity index (χ3n) is 3.45. The molecule has 4 nitrogen and oxygen atoms in total. The second kappa shape index (κ2) is 6.02. The van der Waals surface area contributed by atoms with Gasteiger partial charge in [0.25, 0.3) is 5.91 Å². The fraction of sp³-hybridized carbons (Fsp3) is 0.500. The van der Waals surface area contributed by atoms with Crippen LogP contribution in [0.4, 0.5) is 10.1 Å². The van der Waals surface area contributed by atoms with Gasteiger partial charge in [-0.25, -0.2) is 4.39 Å². The molecule has 1 amide bonds. The summed E-state index contributed by atoms with van der Waals surface area (Å²) in [5.41, 5.74) is 5.67. The summed E-state index contributed by atoms with van der Waals surface area (Å²) >= 11 is 0. The van der Waals surface area contributed by atoms with Gasteiger partial charge < -0.3 is 11.1 Å². The molecule has 0 aromatic heterocycles. The van der Waals surface area contributed by atoms with E-state index in [1.165, 1.54) is 31.0 Å². The highest BCUT2D eigenvalue weighted by molar-refractivity contribution is 5.99. The van der Waals surface area contributed by atoms with Gasteiger partial charge in [0.05, 0.1) is 11.3 Å². The molecular weight excluding hydrogens is 245 g/mol. The van der Waals surface area contributed by atoms with Crippen molar-refractivity contribution < 1.29 is 9.18 Å². The number of likely N-dealkylation sites (N-methyl/N-ethyl adjacent to an activating group) is 1. The van der Waals surface area contributed by atoms with Crippen molar-refractivity contribution in [2.24, 2.45) is 0 Å². The average molecular weight is 265 g/mol. The summed E-state index contributed by atoms with van der Waals surface area (Å²) < 4.78 is 13.2. The van der Waals surface area contributed by atoms with E-state index in [0.717, 1.165) is 13.1 Å². The van der Waals surface area contributed by atoms with Crippen LogP contribution in [0.15, 0.2) is 18.2 Å². The molecule has 1 aromatic carbocycles. The first kappa shape index (κ1) is 13.8. The predicted molar refractivity (Wildman–Crippen MR) is 73.4 cm³/mol. The van der Waals surface area contributed by atoms with Gasteiger partial charge in [-0.05, 0) is 31.5 Å². The van der Waals surface area contributed by atoms with Gasteiger partial charge in [0.15, 0.2) is 0 Å². The quantitative estimate of drug-likeness (QED) is 0.768. The van der Waals surface area contributed by atoms with E-state index in [1.807, 2.05) is 0 Å². The Morgan fingerprint density at radius 1 is 1.53 bits per heavy atom. The van der Waals surface area contributed by atoms with Gasteiger partial charge in [0.2, 0.25) is 0 Å². The van der Waals surface area contributed by atoms with Gasteiger partial charge >= 0.3 is 0 Å². The highest BCUT2D eigenvalue weighted by atomic mass is 19.1. The highest BCUT2D eigenvalue weighted by Gasteiger charge is 2.27. The number of nitrogens with zero attached hydrogens (tertiary/aromatic N) is 1. The molecule has 5 heteroatoms. The first-order chi connectivity index (χ1) is 9.13. The normalized spacial score (nSPS) is 14.7. The molecule has 0 atom stereocenters. The standard InChI is InChI=1S/C14H20FN3O/c1-2-18(10-6-7-10)9-8-17-14(19)11-4-3-5-12(15)13(11)16/h3-5,10H,2,6-9,16H2,1H3,(H,17,19). The summed E-state index contributed by atoms with van der Waals surface area (Å²) in [7, 11) is 0. The minimum absolute atomic E-state index is 0.0884. The first-order valence-electron chi connectivity index (χ1n) is 6.69. The van der Waals surface area contributed by atoms with Gasteiger partial charge in [-0.15, -0.1) is 0 Å². The zero-order chi connectivity index (χ0) is 13.8. The molecule has 0 radical (unpaired) electrons. The monoisotopic (exact) mass is 265 g/mol. The topological polar surface area (TPSA) is 58.4 Å². The van der Waals surface area contributed by atoms with E-state index < -0.39 is 5.82 Å². The van der Waals surface area contributed by atoms with Crippen molar-refractivity contribution in [2.75, 3.05) is 25.4 Å². The minimum Gasteiger partial charge on any atom is -0.396 e. The summed E-state index contributed by atoms with van der Waals surface area (Å²) in [4.78, 5) is 14.2. The van der Waals surface area contributed by atoms with Crippen molar-refractivity contribution in [3.05, 3.63) is 29.6 Å². The number of hydrogen-bond acceptors (Lipinski definition) is 3. The molecule has 0 saturated heterocycles. The molecule has 0 unspecified atom stereocenters. The zero-order valence-corrected chi connectivity index (χ0v) is 11.2. The molecule has 104 valence electrons. The Bertz CT molecular complexity index is 460. The summed E-state index contributed by atoms with van der Waals surface area (Å²) in [5.74, 6) is -0.871. The number of carbonyl (C=O) groups excluding carboxylic acids is 1. The number of carbonyl (C=O) groups is 1. The molecule has 0 aliphatic heterocycles. The van der Waals surface area contributed by atoms with Crippen molar-refractivity contribution in [2.45, 2.75) is 25.8 Å². The molecule has 1 saturated carbocycles. The van der Waals surface area contributed by atoms with E-state index in [9.17, 15) is 9.18 Å². The largest absolute Gasteiger partial charge is 0.396 e. The average Bonchev–Trinajstić information content (AvgIpc) is 3.22. The lowest BCUT2D eigenvalue weighted by molar-refractivity contribution is 0.0948. The van der Waals surface area contributed by atoms with Crippen molar-refractivity contribution in [3.8, 4) is 0 Å². The van der Waals surface area contributed by atoms with Crippen LogP contribution in [0.1, 0.15) is 30.1 Å². The SMILES string of the molecule is CCN(CCNC(=O)c1cccc(F)c1N)C1CC1. The maximum atomic E-state index is 13.2. The maximum Gasteiger partial charge on any atom is 0.253 e. The maximum absolute atomic E-state index is 13.2. The van der Waals surface area contributed by atoms with Crippen LogP contribution >= 0.6 is 0 Å². The molecule has 0 bridgehead atoms. The lowest BCUT2D eigenvalue weighted by Gasteiger charge is -2.19. The fourth-order valence-corrected chi connectivity index (χ4v) is 2.18. The smallest absolute Gasteiger partial charge is 0.253 e. The van der Waals surface area contributed by atoms with E-state index >= 15 is 0 Å². The van der Waals surface area contributed by atoms with E-state index in [-0.39, 0.29) is 17.2 Å². The predicted octanol–water partition coefficient (Wildman–Crippen LogP) is 1.62. The Kier molecular flexibility index (Phi) is 4.37. The summed E-state index contributed by atoms with van der Waals surface area (Å²) in [5, 5.41) is 2.79. The number of halogens is 1. The van der Waals surface area contributed by atoms with Crippen LogP contribution in [-0.2, 0) is 0 Å². The summed E-state index contributed by atoms with van der Waals surface area (Å²) in [6, 6.07) is 4.95. The number of nitrogens with two attached hydrogens (primary N) is 1. The fourth-order valence-electron chi connectivity index (χ4n) is 2.18. The van der Waals surface area contributed by atoms with Gasteiger partial charge in [0, 0.05) is 19.1 Å². The van der Waals surface area contributed by atoms with Crippen LogP contribution in [0.25, 0.3) is 0 Å². The molecule has 19 heavy (non-hydrogen) atoms. The van der Waals surface area contributed by atoms with Crippen LogP contribution in [0, 0.1) is 5.82 Å². The molecule has 1 aromatic rings. The molecule has 1 fully saturated rings. The van der Waals surface area contributed by atoms with Crippen molar-refractivity contribution in [3.63, 3.8) is 0 Å². The van der Waals surface area contributed by atoms with E-state index in [1.54, 1.807) is 0 Å². The van der Waals surface area contributed by atoms with E-state index in [2.05, 4.69) is 17.1 Å². The Hall–Kier alpha value is -1.62. The molecule has 0 heterocycles. The van der Waals surface area contributed by atoms with E-state index in [4.69, 9.17) is 5.73 Å². The van der Waals surface area contributed by atoms with Crippen molar-refractivity contribution in [1.82, 2.24) is 10.2 Å². The minimum atomic E-state index is -0.555. The number of benzene rings is 1. The number of rotatable bonds is 6. The number of para-hydroxylation sites is 1. The Morgan fingerprint density at radius 3 is 2.89 bits per heavy atom. The van der Waals surface area contributed by atoms with Crippen LogP contribution in [0.3, 0.4) is 0 Å². The molecule has 2 rings (SSSR count). The van der Waals surface area contributed by atoms with Crippen molar-refractivity contribution in [1.29, 1.82) is 0 Å². The van der Waals surface area contributed by atoms with Gasteiger partial charge in [-0.3, -0.25) is 9.69 Å². The summed E-state index contributed by atoms with van der Waals surface area (Å²) in [6.07, 6.45) is 2.50. The van der Waals surface area contributed by atoms with Gasteiger partial charge in [0.1, 0.15) is 5.82 Å². The number of amides is 1. The second-order valence-electron chi connectivity index (χ2n) is 4.82. The molecule has 0 spiro atoms. The third-order valence-corrected chi connectivity index (χ3v) is 3.45. The second-order valence-corrected chi connectivity index (χ2v) is 4.82. The molecule has 1 aliphatic rings. The lowest BCUT2D eigenvalue weighted by atomic mass is 10.1. The number of anilines is 1. The zero-order valence-electron chi connectivity index (χ0n) is 11.2. The summed E-state index contributed by atoms with van der Waals surface area (Å²) in [6.45, 7) is 4.48. The number of hydrogen-bond donors (Lipinski definition) is 2.